The molecule has 0 radical (unpaired) electrons. The summed E-state index contributed by atoms with van der Waals surface area (Å²) in [5, 5.41) is 10.1. The number of hydrogen-bond donors (Lipinski definition) is 2. The molecule has 2 unspecified atom stereocenters. The summed E-state index contributed by atoms with van der Waals surface area (Å²) in [6.07, 6.45) is 4.05. The average molecular weight is 313 g/mol. The number of likely N-dealkylation sites (N-methyl/N-ethyl adjacent to an activating group) is 1. The van der Waals surface area contributed by atoms with E-state index >= 15 is 0 Å². The molecular weight excluding hydrogens is 292 g/mol. The van der Waals surface area contributed by atoms with Gasteiger partial charge in [-0.3, -0.25) is 0 Å². The van der Waals surface area contributed by atoms with E-state index in [1.807, 2.05) is 12.1 Å². The molecule has 2 atom stereocenters. The fraction of sp³-hybridized carbons (Fsp3) is 0.571. The maximum atomic E-state index is 10.1. The number of aliphatic hydroxyl groups is 1. The van der Waals surface area contributed by atoms with Gasteiger partial charge in [-0.15, -0.1) is 0 Å². The van der Waals surface area contributed by atoms with E-state index in [2.05, 4.69) is 33.9 Å². The Labute approximate surface area is 117 Å². The molecule has 0 amide bonds. The maximum Gasteiger partial charge on any atom is 0.0743 e. The van der Waals surface area contributed by atoms with Crippen molar-refractivity contribution in [1.82, 2.24) is 0 Å². The Hall–Kier alpha value is -0.580. The molecule has 1 aliphatic rings. The summed E-state index contributed by atoms with van der Waals surface area (Å²) in [5.41, 5.74) is 8.07. The van der Waals surface area contributed by atoms with Crippen molar-refractivity contribution in [2.75, 3.05) is 11.9 Å². The van der Waals surface area contributed by atoms with E-state index in [-0.39, 0.29) is 12.1 Å². The van der Waals surface area contributed by atoms with E-state index in [9.17, 15) is 5.11 Å². The second-order valence-corrected chi connectivity index (χ2v) is 5.83. The molecule has 1 fully saturated rings. The second-order valence-electron chi connectivity index (χ2n) is 4.97. The number of rotatable bonds is 3. The number of benzene rings is 1. The Morgan fingerprint density at radius 3 is 2.78 bits per heavy atom. The first-order valence-electron chi connectivity index (χ1n) is 6.53. The van der Waals surface area contributed by atoms with Gasteiger partial charge in [-0.2, -0.15) is 0 Å². The molecule has 1 saturated carbocycles. The van der Waals surface area contributed by atoms with Gasteiger partial charge in [0.25, 0.3) is 0 Å². The van der Waals surface area contributed by atoms with Gasteiger partial charge < -0.3 is 15.7 Å². The molecular formula is C14H21BrN2O. The van der Waals surface area contributed by atoms with Crippen molar-refractivity contribution in [2.24, 2.45) is 5.73 Å². The van der Waals surface area contributed by atoms with Crippen molar-refractivity contribution >= 4 is 21.6 Å². The highest BCUT2D eigenvalue weighted by Crippen LogP contribution is 2.31. The lowest BCUT2D eigenvalue weighted by Crippen LogP contribution is -2.43. The number of hydrogen-bond acceptors (Lipinski definition) is 3. The van der Waals surface area contributed by atoms with E-state index in [1.54, 1.807) is 0 Å². The van der Waals surface area contributed by atoms with Crippen LogP contribution in [-0.4, -0.2) is 24.3 Å². The standard InChI is InChI=1S/C14H21BrN2O/c1-17(13-6-2-3-8-14(13)18)12-7-4-5-11(15)10(12)9-16/h4-5,7,13-14,18H,2-3,6,8-9,16H2,1H3. The molecule has 0 heterocycles. The first kappa shape index (κ1) is 13.8. The van der Waals surface area contributed by atoms with Gasteiger partial charge in [0.05, 0.1) is 12.1 Å². The zero-order valence-corrected chi connectivity index (χ0v) is 12.4. The number of nitrogens with two attached hydrogens (primary N) is 1. The molecule has 0 spiro atoms. The van der Waals surface area contributed by atoms with Crippen molar-refractivity contribution in [3.63, 3.8) is 0 Å². The summed E-state index contributed by atoms with van der Waals surface area (Å²) in [6.45, 7) is 0.504. The first-order valence-corrected chi connectivity index (χ1v) is 7.32. The Kier molecular flexibility index (Phi) is 4.65. The van der Waals surface area contributed by atoms with Crippen LogP contribution < -0.4 is 10.6 Å². The van der Waals surface area contributed by atoms with Crippen molar-refractivity contribution < 1.29 is 5.11 Å². The van der Waals surface area contributed by atoms with Crippen LogP contribution in [0.3, 0.4) is 0 Å². The normalized spacial score (nSPS) is 24.0. The monoisotopic (exact) mass is 312 g/mol. The third kappa shape index (κ3) is 2.71. The Morgan fingerprint density at radius 1 is 1.39 bits per heavy atom. The topological polar surface area (TPSA) is 49.5 Å². The summed E-state index contributed by atoms with van der Waals surface area (Å²) in [4.78, 5) is 2.19. The molecule has 1 aliphatic carbocycles. The summed E-state index contributed by atoms with van der Waals surface area (Å²) < 4.78 is 1.04. The van der Waals surface area contributed by atoms with E-state index in [1.165, 1.54) is 6.42 Å². The van der Waals surface area contributed by atoms with Crippen LogP contribution in [-0.2, 0) is 6.54 Å². The van der Waals surface area contributed by atoms with Gasteiger partial charge >= 0.3 is 0 Å². The highest BCUT2D eigenvalue weighted by Gasteiger charge is 2.27. The molecule has 2 rings (SSSR count). The molecule has 0 aliphatic heterocycles. The van der Waals surface area contributed by atoms with Crippen molar-refractivity contribution in [3.8, 4) is 0 Å². The number of nitrogens with zero attached hydrogens (tertiary/aromatic N) is 1. The largest absolute Gasteiger partial charge is 0.391 e. The molecule has 3 nitrogen and oxygen atoms in total. The zero-order chi connectivity index (χ0) is 13.1. The predicted molar refractivity (Wildman–Crippen MR) is 78.7 cm³/mol. The van der Waals surface area contributed by atoms with Gasteiger partial charge in [-0.1, -0.05) is 34.8 Å². The summed E-state index contributed by atoms with van der Waals surface area (Å²) in [7, 11) is 2.06. The Bertz CT molecular complexity index is 411. The smallest absolute Gasteiger partial charge is 0.0743 e. The van der Waals surface area contributed by atoms with E-state index in [4.69, 9.17) is 5.73 Å². The fourth-order valence-corrected chi connectivity index (χ4v) is 3.32. The van der Waals surface area contributed by atoms with Gasteiger partial charge in [-0.05, 0) is 25.0 Å². The minimum absolute atomic E-state index is 0.207. The lowest BCUT2D eigenvalue weighted by Gasteiger charge is -2.37. The molecule has 4 heteroatoms. The molecule has 0 aromatic heterocycles. The van der Waals surface area contributed by atoms with E-state index in [0.29, 0.717) is 6.54 Å². The molecule has 100 valence electrons. The quantitative estimate of drug-likeness (QED) is 0.902. The maximum absolute atomic E-state index is 10.1. The zero-order valence-electron chi connectivity index (χ0n) is 10.8. The van der Waals surface area contributed by atoms with Crippen LogP contribution in [0.5, 0.6) is 0 Å². The van der Waals surface area contributed by atoms with Gasteiger partial charge in [-0.25, -0.2) is 0 Å². The molecule has 3 N–H and O–H groups in total. The van der Waals surface area contributed by atoms with Crippen LogP contribution in [0.25, 0.3) is 0 Å². The van der Waals surface area contributed by atoms with Gasteiger partial charge in [0.2, 0.25) is 0 Å². The number of halogens is 1. The number of aliphatic hydroxyl groups excluding tert-OH is 1. The SMILES string of the molecule is CN(c1cccc(Br)c1CN)C1CCCCC1O. The molecule has 1 aromatic carbocycles. The highest BCUT2D eigenvalue weighted by molar-refractivity contribution is 9.10. The summed E-state index contributed by atoms with van der Waals surface area (Å²) in [6, 6.07) is 6.31. The van der Waals surface area contributed by atoms with E-state index < -0.39 is 0 Å². The Balaban J connectivity index is 2.27. The predicted octanol–water partition coefficient (Wildman–Crippen LogP) is 2.65. The van der Waals surface area contributed by atoms with Crippen LogP contribution >= 0.6 is 15.9 Å². The van der Waals surface area contributed by atoms with Gasteiger partial charge in [0, 0.05) is 29.3 Å². The van der Waals surface area contributed by atoms with Crippen LogP contribution in [0.1, 0.15) is 31.2 Å². The molecule has 1 aromatic rings. The molecule has 0 saturated heterocycles. The van der Waals surface area contributed by atoms with Crippen LogP contribution in [0, 0.1) is 0 Å². The van der Waals surface area contributed by atoms with Crippen LogP contribution in [0.15, 0.2) is 22.7 Å². The summed E-state index contributed by atoms with van der Waals surface area (Å²) >= 11 is 3.55. The highest BCUT2D eigenvalue weighted by atomic mass is 79.9. The third-order valence-electron chi connectivity index (χ3n) is 3.87. The van der Waals surface area contributed by atoms with Gasteiger partial charge in [0.1, 0.15) is 0 Å². The number of anilines is 1. The van der Waals surface area contributed by atoms with Crippen molar-refractivity contribution in [2.45, 2.75) is 44.4 Å². The average Bonchev–Trinajstić information content (AvgIpc) is 2.38. The van der Waals surface area contributed by atoms with E-state index in [0.717, 1.165) is 35.0 Å². The minimum atomic E-state index is -0.228. The summed E-state index contributed by atoms with van der Waals surface area (Å²) in [5.74, 6) is 0. The second kappa shape index (κ2) is 6.04. The fourth-order valence-electron chi connectivity index (χ4n) is 2.80. The van der Waals surface area contributed by atoms with Gasteiger partial charge in [0.15, 0.2) is 0 Å². The first-order chi connectivity index (χ1) is 8.65. The lowest BCUT2D eigenvalue weighted by atomic mass is 9.91. The molecule has 18 heavy (non-hydrogen) atoms. The Morgan fingerprint density at radius 2 is 2.11 bits per heavy atom. The molecule has 0 bridgehead atoms. The van der Waals surface area contributed by atoms with Crippen molar-refractivity contribution in [1.29, 1.82) is 0 Å². The lowest BCUT2D eigenvalue weighted by molar-refractivity contribution is 0.106. The van der Waals surface area contributed by atoms with Crippen LogP contribution in [0.4, 0.5) is 5.69 Å². The third-order valence-corrected chi connectivity index (χ3v) is 4.61. The van der Waals surface area contributed by atoms with Crippen molar-refractivity contribution in [3.05, 3.63) is 28.2 Å². The minimum Gasteiger partial charge on any atom is -0.391 e. The van der Waals surface area contributed by atoms with Crippen LogP contribution in [0.2, 0.25) is 0 Å².